The average molecular weight is 165 g/mol. The van der Waals surface area contributed by atoms with E-state index in [1.165, 1.54) is 4.88 Å². The average Bonchev–Trinajstić information content (AvgIpc) is 2.55. The zero-order valence-electron chi connectivity index (χ0n) is 6.07. The van der Waals surface area contributed by atoms with Crippen molar-refractivity contribution in [3.05, 3.63) is 28.8 Å². The Kier molecular flexibility index (Phi) is 1.51. The van der Waals surface area contributed by atoms with Gasteiger partial charge in [0.05, 0.1) is 11.8 Å². The smallest absolute Gasteiger partial charge is 0.153 e. The van der Waals surface area contributed by atoms with Gasteiger partial charge in [-0.25, -0.2) is 4.98 Å². The number of nitrogens with zero attached hydrogens (tertiary/aromatic N) is 1. The highest BCUT2D eigenvalue weighted by Gasteiger charge is 2.05. The van der Waals surface area contributed by atoms with Crippen molar-refractivity contribution in [2.75, 3.05) is 0 Å². The minimum atomic E-state index is 0.851. The molecule has 0 aliphatic heterocycles. The zero-order chi connectivity index (χ0) is 7.68. The van der Waals surface area contributed by atoms with E-state index < -0.39 is 0 Å². The van der Waals surface area contributed by atoms with Crippen molar-refractivity contribution in [2.45, 2.75) is 6.92 Å². The molecule has 0 saturated carbocycles. The first-order chi connectivity index (χ1) is 5.38. The molecule has 0 atom stereocenters. The lowest BCUT2D eigenvalue weighted by Gasteiger charge is -1.89. The Bertz CT molecular complexity index is 337. The van der Waals surface area contributed by atoms with Crippen molar-refractivity contribution < 1.29 is 4.42 Å². The summed E-state index contributed by atoms with van der Waals surface area (Å²) in [5.74, 6) is 0.851. The Morgan fingerprint density at radius 2 is 2.45 bits per heavy atom. The maximum atomic E-state index is 5.20. The van der Waals surface area contributed by atoms with Gasteiger partial charge in [0, 0.05) is 4.88 Å². The first-order valence-corrected chi connectivity index (χ1v) is 4.20. The van der Waals surface area contributed by atoms with Gasteiger partial charge in [-0.05, 0) is 19.1 Å². The molecule has 0 unspecified atom stereocenters. The number of hydrogen-bond acceptors (Lipinski definition) is 3. The summed E-state index contributed by atoms with van der Waals surface area (Å²) < 4.78 is 5.20. The number of aromatic nitrogens is 1. The Morgan fingerprint density at radius 3 is 3.00 bits per heavy atom. The van der Waals surface area contributed by atoms with Crippen molar-refractivity contribution in [3.63, 3.8) is 0 Å². The van der Waals surface area contributed by atoms with Crippen LogP contribution in [0.4, 0.5) is 0 Å². The SMILES string of the molecule is Cc1scnc1-c1ccco1. The van der Waals surface area contributed by atoms with Crippen molar-refractivity contribution >= 4 is 11.3 Å². The van der Waals surface area contributed by atoms with Gasteiger partial charge in [0.2, 0.25) is 0 Å². The third-order valence-electron chi connectivity index (χ3n) is 1.50. The monoisotopic (exact) mass is 165 g/mol. The van der Waals surface area contributed by atoms with Crippen LogP contribution in [0, 0.1) is 6.92 Å². The van der Waals surface area contributed by atoms with E-state index in [1.54, 1.807) is 17.6 Å². The second kappa shape index (κ2) is 2.51. The highest BCUT2D eigenvalue weighted by molar-refractivity contribution is 7.10. The third-order valence-corrected chi connectivity index (χ3v) is 2.26. The molecule has 0 N–H and O–H groups in total. The van der Waals surface area contributed by atoms with Gasteiger partial charge in [0.25, 0.3) is 0 Å². The fraction of sp³-hybridized carbons (Fsp3) is 0.125. The van der Waals surface area contributed by atoms with Crippen LogP contribution in [-0.2, 0) is 0 Å². The van der Waals surface area contributed by atoms with Gasteiger partial charge in [-0.2, -0.15) is 0 Å². The first-order valence-electron chi connectivity index (χ1n) is 3.32. The lowest BCUT2D eigenvalue weighted by molar-refractivity contribution is 0.580. The van der Waals surface area contributed by atoms with E-state index in [-0.39, 0.29) is 0 Å². The standard InChI is InChI=1S/C8H7NOS/c1-6-8(9-5-11-6)7-3-2-4-10-7/h2-5H,1H3. The van der Waals surface area contributed by atoms with Crippen molar-refractivity contribution in [3.8, 4) is 11.5 Å². The van der Waals surface area contributed by atoms with E-state index in [0.717, 1.165) is 11.5 Å². The van der Waals surface area contributed by atoms with Gasteiger partial charge in [-0.1, -0.05) is 0 Å². The molecule has 0 fully saturated rings. The highest BCUT2D eigenvalue weighted by atomic mass is 32.1. The lowest BCUT2D eigenvalue weighted by atomic mass is 10.3. The summed E-state index contributed by atoms with van der Waals surface area (Å²) in [6.07, 6.45) is 1.66. The van der Waals surface area contributed by atoms with E-state index in [9.17, 15) is 0 Å². The van der Waals surface area contributed by atoms with Crippen molar-refractivity contribution in [1.82, 2.24) is 4.98 Å². The van der Waals surface area contributed by atoms with Crippen LogP contribution in [0.5, 0.6) is 0 Å². The summed E-state index contributed by atoms with van der Waals surface area (Å²) >= 11 is 1.63. The molecular formula is C8H7NOS. The van der Waals surface area contributed by atoms with Crippen LogP contribution in [0.25, 0.3) is 11.5 Å². The van der Waals surface area contributed by atoms with Crippen LogP contribution < -0.4 is 0 Å². The second-order valence-electron chi connectivity index (χ2n) is 2.23. The van der Waals surface area contributed by atoms with E-state index in [0.29, 0.717) is 0 Å². The van der Waals surface area contributed by atoms with Gasteiger partial charge in [-0.15, -0.1) is 11.3 Å². The predicted molar refractivity (Wildman–Crippen MR) is 44.6 cm³/mol. The molecular weight excluding hydrogens is 158 g/mol. The molecule has 0 aliphatic rings. The van der Waals surface area contributed by atoms with E-state index in [2.05, 4.69) is 4.98 Å². The molecule has 2 aromatic rings. The molecule has 3 heteroatoms. The van der Waals surface area contributed by atoms with E-state index >= 15 is 0 Å². The van der Waals surface area contributed by atoms with Gasteiger partial charge < -0.3 is 4.42 Å². The third kappa shape index (κ3) is 1.07. The van der Waals surface area contributed by atoms with Crippen LogP contribution in [0.3, 0.4) is 0 Å². The summed E-state index contributed by atoms with van der Waals surface area (Å²) in [6, 6.07) is 3.79. The van der Waals surface area contributed by atoms with Crippen LogP contribution >= 0.6 is 11.3 Å². The molecule has 2 rings (SSSR count). The van der Waals surface area contributed by atoms with Crippen LogP contribution in [-0.4, -0.2) is 4.98 Å². The van der Waals surface area contributed by atoms with Gasteiger partial charge >= 0.3 is 0 Å². The maximum absolute atomic E-state index is 5.20. The lowest BCUT2D eigenvalue weighted by Crippen LogP contribution is -1.73. The number of hydrogen-bond donors (Lipinski definition) is 0. The van der Waals surface area contributed by atoms with E-state index in [4.69, 9.17) is 4.42 Å². The Balaban J connectivity index is 2.53. The molecule has 2 nitrogen and oxygen atoms in total. The molecule has 11 heavy (non-hydrogen) atoms. The zero-order valence-corrected chi connectivity index (χ0v) is 6.89. The fourth-order valence-electron chi connectivity index (χ4n) is 0.955. The largest absolute Gasteiger partial charge is 0.463 e. The van der Waals surface area contributed by atoms with Crippen LogP contribution in [0.2, 0.25) is 0 Å². The number of thiazole rings is 1. The summed E-state index contributed by atoms with van der Waals surface area (Å²) in [4.78, 5) is 5.38. The molecule has 0 aromatic carbocycles. The molecule has 0 amide bonds. The van der Waals surface area contributed by atoms with Gasteiger partial charge in [-0.3, -0.25) is 0 Å². The Hall–Kier alpha value is -1.09. The fourth-order valence-corrected chi connectivity index (χ4v) is 1.54. The first kappa shape index (κ1) is 6.61. The molecule has 0 aliphatic carbocycles. The molecule has 0 radical (unpaired) electrons. The molecule has 56 valence electrons. The summed E-state index contributed by atoms with van der Waals surface area (Å²) in [5, 5.41) is 0. The topological polar surface area (TPSA) is 26.0 Å². The van der Waals surface area contributed by atoms with Crippen LogP contribution in [0.1, 0.15) is 4.88 Å². The molecule has 2 aromatic heterocycles. The quantitative estimate of drug-likeness (QED) is 0.649. The molecule has 2 heterocycles. The normalized spacial score (nSPS) is 10.3. The van der Waals surface area contributed by atoms with Gasteiger partial charge in [0.15, 0.2) is 5.76 Å². The summed E-state index contributed by atoms with van der Waals surface area (Å²) in [6.45, 7) is 2.04. The van der Waals surface area contributed by atoms with Crippen molar-refractivity contribution in [2.24, 2.45) is 0 Å². The minimum Gasteiger partial charge on any atom is -0.463 e. The second-order valence-corrected chi connectivity index (χ2v) is 3.29. The Labute approximate surface area is 68.5 Å². The number of aryl methyl sites for hydroxylation is 1. The Morgan fingerprint density at radius 1 is 1.55 bits per heavy atom. The predicted octanol–water partition coefficient (Wildman–Crippen LogP) is 2.71. The number of rotatable bonds is 1. The molecule has 0 saturated heterocycles. The van der Waals surface area contributed by atoms with E-state index in [1.807, 2.05) is 24.6 Å². The van der Waals surface area contributed by atoms with Crippen molar-refractivity contribution in [1.29, 1.82) is 0 Å². The minimum absolute atomic E-state index is 0.851. The summed E-state index contributed by atoms with van der Waals surface area (Å²) in [5.41, 5.74) is 2.78. The van der Waals surface area contributed by atoms with Gasteiger partial charge in [0.1, 0.15) is 5.69 Å². The molecule has 0 spiro atoms. The summed E-state index contributed by atoms with van der Waals surface area (Å²) in [7, 11) is 0. The molecule has 0 bridgehead atoms. The van der Waals surface area contributed by atoms with Crippen LogP contribution in [0.15, 0.2) is 28.3 Å². The number of furan rings is 1. The maximum Gasteiger partial charge on any atom is 0.153 e. The highest BCUT2D eigenvalue weighted by Crippen LogP contribution is 2.24.